The Morgan fingerprint density at radius 1 is 1.16 bits per heavy atom. The minimum absolute atomic E-state index is 0.0910. The Hall–Kier alpha value is -3.67. The lowest BCUT2D eigenvalue weighted by atomic mass is 10.1. The van der Waals surface area contributed by atoms with Crippen LogP contribution >= 0.6 is 11.6 Å². The molecule has 156 valence electrons. The molecule has 0 saturated carbocycles. The molecule has 1 amide bonds. The fourth-order valence-corrected chi connectivity index (χ4v) is 3.34. The molecule has 2 heterocycles. The molecule has 1 aliphatic rings. The van der Waals surface area contributed by atoms with Crippen molar-refractivity contribution in [2.24, 2.45) is 5.92 Å². The number of carbonyl (C=O) groups excluding carboxylic acids is 1. The summed E-state index contributed by atoms with van der Waals surface area (Å²) < 4.78 is 5.24. The molecule has 0 aliphatic carbocycles. The van der Waals surface area contributed by atoms with Gasteiger partial charge in [-0.25, -0.2) is 4.98 Å². The van der Waals surface area contributed by atoms with Crippen molar-refractivity contribution in [1.82, 2.24) is 9.97 Å². The van der Waals surface area contributed by atoms with Crippen molar-refractivity contribution in [3.8, 4) is 17.3 Å². The van der Waals surface area contributed by atoms with Gasteiger partial charge in [0.15, 0.2) is 0 Å². The van der Waals surface area contributed by atoms with Gasteiger partial charge in [0.25, 0.3) is 5.56 Å². The van der Waals surface area contributed by atoms with Gasteiger partial charge in [-0.1, -0.05) is 23.7 Å². The van der Waals surface area contributed by atoms with E-state index in [1.54, 1.807) is 48.5 Å². The number of ether oxygens (including phenoxy) is 1. The predicted molar refractivity (Wildman–Crippen MR) is 117 cm³/mol. The van der Waals surface area contributed by atoms with Crippen LogP contribution < -0.4 is 16.2 Å². The van der Waals surface area contributed by atoms with Crippen molar-refractivity contribution < 1.29 is 9.53 Å². The summed E-state index contributed by atoms with van der Waals surface area (Å²) in [5.74, 6) is -0.0488. The zero-order valence-electron chi connectivity index (χ0n) is 16.3. The van der Waals surface area contributed by atoms with Crippen LogP contribution in [0.4, 0.5) is 17.3 Å². The third-order valence-corrected chi connectivity index (χ3v) is 5.12. The maximum Gasteiger partial charge on any atom is 0.270 e. The molecule has 1 atom stereocenters. The van der Waals surface area contributed by atoms with Crippen LogP contribution in [0.1, 0.15) is 12.0 Å². The molecule has 1 aromatic heterocycles. The minimum atomic E-state index is -0.553. The lowest BCUT2D eigenvalue weighted by Gasteiger charge is -2.11. The average molecular weight is 436 g/mol. The number of aromatic amines is 1. The van der Waals surface area contributed by atoms with Crippen LogP contribution in [-0.2, 0) is 9.53 Å². The van der Waals surface area contributed by atoms with Gasteiger partial charge in [0.2, 0.25) is 11.9 Å². The number of aromatic nitrogens is 2. The first kappa shape index (κ1) is 20.6. The summed E-state index contributed by atoms with van der Waals surface area (Å²) in [6, 6.07) is 15.6. The lowest BCUT2D eigenvalue weighted by molar-refractivity contribution is -0.119. The van der Waals surface area contributed by atoms with E-state index in [0.717, 1.165) is 0 Å². The normalized spacial score (nSPS) is 15.3. The number of carbonyl (C=O) groups is 1. The molecule has 31 heavy (non-hydrogen) atoms. The van der Waals surface area contributed by atoms with Crippen molar-refractivity contribution >= 4 is 34.8 Å². The molecule has 0 spiro atoms. The van der Waals surface area contributed by atoms with E-state index >= 15 is 0 Å². The molecule has 1 unspecified atom stereocenters. The summed E-state index contributed by atoms with van der Waals surface area (Å²) in [5, 5.41) is 15.9. The van der Waals surface area contributed by atoms with Gasteiger partial charge in [0, 0.05) is 28.6 Å². The fourth-order valence-electron chi connectivity index (χ4n) is 3.21. The Morgan fingerprint density at radius 3 is 2.52 bits per heavy atom. The SMILES string of the molecule is N#Cc1c(-c2ccc(NC(=O)C3CCOC3)cc2)nc(Nc2ccc(Cl)cc2)[nH]c1=O. The van der Waals surface area contributed by atoms with Gasteiger partial charge in [-0.2, -0.15) is 5.26 Å². The first-order valence-corrected chi connectivity index (χ1v) is 9.97. The second kappa shape index (κ2) is 9.00. The summed E-state index contributed by atoms with van der Waals surface area (Å²) in [7, 11) is 0. The van der Waals surface area contributed by atoms with Gasteiger partial charge in [-0.3, -0.25) is 14.6 Å². The Kier molecular flexibility index (Phi) is 5.98. The molecule has 0 radical (unpaired) electrons. The summed E-state index contributed by atoms with van der Waals surface area (Å²) in [4.78, 5) is 31.7. The summed E-state index contributed by atoms with van der Waals surface area (Å²) in [6.45, 7) is 1.02. The number of H-pyrrole nitrogens is 1. The van der Waals surface area contributed by atoms with E-state index in [2.05, 4.69) is 20.6 Å². The molecular weight excluding hydrogens is 418 g/mol. The van der Waals surface area contributed by atoms with Crippen LogP contribution in [0, 0.1) is 17.2 Å². The van der Waals surface area contributed by atoms with Gasteiger partial charge >= 0.3 is 0 Å². The Balaban J connectivity index is 1.59. The molecule has 1 saturated heterocycles. The van der Waals surface area contributed by atoms with Gasteiger partial charge in [0.05, 0.1) is 18.2 Å². The van der Waals surface area contributed by atoms with Gasteiger partial charge in [0.1, 0.15) is 11.6 Å². The first-order valence-electron chi connectivity index (χ1n) is 9.59. The number of hydrogen-bond acceptors (Lipinski definition) is 6. The number of halogens is 1. The van der Waals surface area contributed by atoms with Crippen molar-refractivity contribution in [1.29, 1.82) is 5.26 Å². The number of hydrogen-bond donors (Lipinski definition) is 3. The van der Waals surface area contributed by atoms with Crippen molar-refractivity contribution in [2.45, 2.75) is 6.42 Å². The van der Waals surface area contributed by atoms with Gasteiger partial charge < -0.3 is 15.4 Å². The second-order valence-electron chi connectivity index (χ2n) is 7.01. The first-order chi connectivity index (χ1) is 15.0. The van der Waals surface area contributed by atoms with E-state index < -0.39 is 5.56 Å². The molecule has 4 rings (SSSR count). The van der Waals surface area contributed by atoms with Crippen LogP contribution in [0.5, 0.6) is 0 Å². The van der Waals surface area contributed by atoms with E-state index in [1.165, 1.54) is 0 Å². The van der Waals surface area contributed by atoms with E-state index in [1.807, 2.05) is 6.07 Å². The monoisotopic (exact) mass is 435 g/mol. The number of nitriles is 1. The smallest absolute Gasteiger partial charge is 0.270 e. The summed E-state index contributed by atoms with van der Waals surface area (Å²) >= 11 is 5.90. The third kappa shape index (κ3) is 4.74. The highest BCUT2D eigenvalue weighted by atomic mass is 35.5. The Labute approximate surface area is 182 Å². The van der Waals surface area contributed by atoms with Crippen LogP contribution in [-0.4, -0.2) is 29.1 Å². The quantitative estimate of drug-likeness (QED) is 0.562. The zero-order chi connectivity index (χ0) is 21.8. The Morgan fingerprint density at radius 2 is 1.87 bits per heavy atom. The topological polar surface area (TPSA) is 120 Å². The lowest BCUT2D eigenvalue weighted by Crippen LogP contribution is -2.22. The van der Waals surface area contributed by atoms with Crippen molar-refractivity contribution in [2.75, 3.05) is 23.8 Å². The molecule has 1 fully saturated rings. The number of rotatable bonds is 5. The standard InChI is InChI=1S/C22H18ClN5O3/c23-15-3-7-17(8-4-15)26-22-27-19(18(11-24)21(30)28-22)13-1-5-16(6-2-13)25-20(29)14-9-10-31-12-14/h1-8,14H,9-10,12H2,(H,25,29)(H2,26,27,28,30). The number of anilines is 3. The number of nitrogens with one attached hydrogen (secondary N) is 3. The summed E-state index contributed by atoms with van der Waals surface area (Å²) in [5.41, 5.74) is 1.46. The molecule has 2 aromatic carbocycles. The molecule has 1 aliphatic heterocycles. The van der Waals surface area contributed by atoms with Crippen molar-refractivity contribution in [3.63, 3.8) is 0 Å². The average Bonchev–Trinajstić information content (AvgIpc) is 3.31. The van der Waals surface area contributed by atoms with Crippen LogP contribution in [0.2, 0.25) is 5.02 Å². The molecule has 0 bridgehead atoms. The van der Waals surface area contributed by atoms with E-state index in [-0.39, 0.29) is 29.0 Å². The highest BCUT2D eigenvalue weighted by molar-refractivity contribution is 6.30. The van der Waals surface area contributed by atoms with Crippen LogP contribution in [0.15, 0.2) is 53.3 Å². The zero-order valence-corrected chi connectivity index (χ0v) is 17.1. The van der Waals surface area contributed by atoms with E-state index in [9.17, 15) is 14.9 Å². The molecular formula is C22H18ClN5O3. The Bertz CT molecular complexity index is 1190. The van der Waals surface area contributed by atoms with Crippen LogP contribution in [0.25, 0.3) is 11.3 Å². The minimum Gasteiger partial charge on any atom is -0.381 e. The maximum atomic E-state index is 12.4. The van der Waals surface area contributed by atoms with Crippen molar-refractivity contribution in [3.05, 3.63) is 69.5 Å². The summed E-state index contributed by atoms with van der Waals surface area (Å²) in [6.07, 6.45) is 0.704. The van der Waals surface area contributed by atoms with E-state index in [0.29, 0.717) is 41.6 Å². The predicted octanol–water partition coefficient (Wildman–Crippen LogP) is 3.68. The van der Waals surface area contributed by atoms with Gasteiger partial charge in [-0.15, -0.1) is 0 Å². The highest BCUT2D eigenvalue weighted by Gasteiger charge is 2.23. The van der Waals surface area contributed by atoms with Gasteiger partial charge in [-0.05, 0) is 42.8 Å². The number of nitrogens with zero attached hydrogens (tertiary/aromatic N) is 2. The third-order valence-electron chi connectivity index (χ3n) is 4.86. The number of benzene rings is 2. The second-order valence-corrected chi connectivity index (χ2v) is 7.45. The molecule has 9 heteroatoms. The largest absolute Gasteiger partial charge is 0.381 e. The molecule has 3 aromatic rings. The number of amides is 1. The fraction of sp³-hybridized carbons (Fsp3) is 0.182. The highest BCUT2D eigenvalue weighted by Crippen LogP contribution is 2.24. The molecule has 8 nitrogen and oxygen atoms in total. The van der Waals surface area contributed by atoms with Crippen LogP contribution in [0.3, 0.4) is 0 Å². The maximum absolute atomic E-state index is 12.4. The van der Waals surface area contributed by atoms with E-state index in [4.69, 9.17) is 16.3 Å². The molecule has 3 N–H and O–H groups in total.